The maximum atomic E-state index is 3.63. The summed E-state index contributed by atoms with van der Waals surface area (Å²) in [6.45, 7) is 0. The van der Waals surface area contributed by atoms with E-state index in [1.54, 1.807) is 11.3 Å². The van der Waals surface area contributed by atoms with E-state index in [1.165, 1.54) is 42.1 Å². The largest absolute Gasteiger partial charge is 0.313 e. The van der Waals surface area contributed by atoms with Crippen LogP contribution in [0.5, 0.6) is 0 Å². The third-order valence-corrected chi connectivity index (χ3v) is 5.16. The van der Waals surface area contributed by atoms with Gasteiger partial charge in [-0.1, -0.05) is 25.7 Å². The molecule has 1 aromatic heterocycles. The Labute approximate surface area is 104 Å². The van der Waals surface area contributed by atoms with E-state index in [1.807, 2.05) is 0 Å². The summed E-state index contributed by atoms with van der Waals surface area (Å²) >= 11 is 5.41. The number of halogens is 1. The molecule has 1 unspecified atom stereocenters. The van der Waals surface area contributed by atoms with Crippen molar-refractivity contribution in [1.82, 2.24) is 5.32 Å². The highest BCUT2D eigenvalue weighted by Crippen LogP contribution is 2.36. The summed E-state index contributed by atoms with van der Waals surface area (Å²) in [5.74, 6) is 0.939. The molecule has 0 radical (unpaired) electrons. The molecule has 1 aromatic rings. The second-order valence-electron chi connectivity index (χ2n) is 4.40. The van der Waals surface area contributed by atoms with E-state index < -0.39 is 0 Å². The molecule has 2 rings (SSSR count). The van der Waals surface area contributed by atoms with Crippen LogP contribution in [0.2, 0.25) is 0 Å². The van der Waals surface area contributed by atoms with Gasteiger partial charge in [-0.05, 0) is 46.3 Å². The minimum atomic E-state index is 0.536. The fourth-order valence-corrected chi connectivity index (χ4v) is 4.15. The van der Waals surface area contributed by atoms with Crippen molar-refractivity contribution in [3.8, 4) is 0 Å². The van der Waals surface area contributed by atoms with Crippen LogP contribution in [0.15, 0.2) is 15.2 Å². The van der Waals surface area contributed by atoms with Crippen LogP contribution in [0.4, 0.5) is 0 Å². The van der Waals surface area contributed by atoms with Gasteiger partial charge in [-0.15, -0.1) is 0 Å². The molecule has 1 atom stereocenters. The third kappa shape index (κ3) is 2.83. The van der Waals surface area contributed by atoms with Gasteiger partial charge in [0.05, 0.1) is 0 Å². The molecule has 0 bridgehead atoms. The van der Waals surface area contributed by atoms with Gasteiger partial charge in [-0.25, -0.2) is 0 Å². The first-order chi connectivity index (χ1) is 7.31. The fraction of sp³-hybridized carbons (Fsp3) is 0.667. The van der Waals surface area contributed by atoms with Crippen LogP contribution in [0.1, 0.15) is 43.7 Å². The second-order valence-corrected chi connectivity index (χ2v) is 6.00. The van der Waals surface area contributed by atoms with Crippen LogP contribution >= 0.6 is 27.3 Å². The molecule has 15 heavy (non-hydrogen) atoms. The lowest BCUT2D eigenvalue weighted by molar-refractivity contribution is 0.413. The lowest BCUT2D eigenvalue weighted by atomic mass is 9.95. The fourth-order valence-electron chi connectivity index (χ4n) is 2.52. The molecule has 3 heteroatoms. The van der Waals surface area contributed by atoms with Gasteiger partial charge >= 0.3 is 0 Å². The van der Waals surface area contributed by atoms with Crippen LogP contribution in [0.25, 0.3) is 0 Å². The predicted octanol–water partition coefficient (Wildman–Crippen LogP) is 4.35. The van der Waals surface area contributed by atoms with Gasteiger partial charge in [-0.2, -0.15) is 11.3 Å². The number of nitrogens with one attached hydrogen (secondary N) is 1. The van der Waals surface area contributed by atoms with Crippen molar-refractivity contribution in [3.63, 3.8) is 0 Å². The molecular weight excluding hydrogens is 270 g/mol. The van der Waals surface area contributed by atoms with Crippen LogP contribution in [0.3, 0.4) is 0 Å². The SMILES string of the molecule is CNC(CC1CCCC1)c1cscc1Br. The number of hydrogen-bond acceptors (Lipinski definition) is 2. The molecule has 0 spiro atoms. The van der Waals surface area contributed by atoms with Gasteiger partial charge in [-0.3, -0.25) is 0 Å². The Hall–Kier alpha value is 0.140. The van der Waals surface area contributed by atoms with Gasteiger partial charge in [0.2, 0.25) is 0 Å². The van der Waals surface area contributed by atoms with Crippen molar-refractivity contribution < 1.29 is 0 Å². The predicted molar refractivity (Wildman–Crippen MR) is 70.4 cm³/mol. The topological polar surface area (TPSA) is 12.0 Å². The zero-order valence-corrected chi connectivity index (χ0v) is 11.5. The molecule has 1 saturated carbocycles. The van der Waals surface area contributed by atoms with Crippen molar-refractivity contribution in [2.45, 2.75) is 38.1 Å². The van der Waals surface area contributed by atoms with Gasteiger partial charge in [0, 0.05) is 15.9 Å². The quantitative estimate of drug-likeness (QED) is 0.868. The molecule has 0 saturated heterocycles. The normalized spacial score (nSPS) is 19.6. The summed E-state index contributed by atoms with van der Waals surface area (Å²) in [4.78, 5) is 0. The lowest BCUT2D eigenvalue weighted by Crippen LogP contribution is -2.18. The van der Waals surface area contributed by atoms with Crippen LogP contribution < -0.4 is 5.32 Å². The Balaban J connectivity index is 2.00. The van der Waals surface area contributed by atoms with Crippen LogP contribution in [0, 0.1) is 5.92 Å². The van der Waals surface area contributed by atoms with Gasteiger partial charge < -0.3 is 5.32 Å². The summed E-state index contributed by atoms with van der Waals surface area (Å²) in [6, 6.07) is 0.536. The van der Waals surface area contributed by atoms with Crippen molar-refractivity contribution in [3.05, 3.63) is 20.8 Å². The summed E-state index contributed by atoms with van der Waals surface area (Å²) in [7, 11) is 2.07. The van der Waals surface area contributed by atoms with Gasteiger partial charge in [0.1, 0.15) is 0 Å². The average molecular weight is 288 g/mol. The molecule has 1 heterocycles. The molecule has 1 aliphatic rings. The average Bonchev–Trinajstić information content (AvgIpc) is 2.85. The first-order valence-corrected chi connectivity index (χ1v) is 7.43. The van der Waals surface area contributed by atoms with Crippen LogP contribution in [-0.2, 0) is 0 Å². The monoisotopic (exact) mass is 287 g/mol. The van der Waals surface area contributed by atoms with Crippen LogP contribution in [-0.4, -0.2) is 7.05 Å². The Morgan fingerprint density at radius 1 is 1.47 bits per heavy atom. The van der Waals surface area contributed by atoms with Crippen molar-refractivity contribution >= 4 is 27.3 Å². The molecular formula is C12H18BrNS. The van der Waals surface area contributed by atoms with E-state index in [-0.39, 0.29) is 0 Å². The minimum absolute atomic E-state index is 0.536. The van der Waals surface area contributed by atoms with E-state index in [0.29, 0.717) is 6.04 Å². The number of hydrogen-bond donors (Lipinski definition) is 1. The zero-order chi connectivity index (χ0) is 10.7. The maximum absolute atomic E-state index is 3.63. The van der Waals surface area contributed by atoms with Crippen molar-refractivity contribution in [1.29, 1.82) is 0 Å². The summed E-state index contributed by atoms with van der Waals surface area (Å²) in [5, 5.41) is 7.89. The highest BCUT2D eigenvalue weighted by molar-refractivity contribution is 9.10. The number of rotatable bonds is 4. The highest BCUT2D eigenvalue weighted by Gasteiger charge is 2.21. The second kappa shape index (κ2) is 5.46. The Kier molecular flexibility index (Phi) is 4.23. The minimum Gasteiger partial charge on any atom is -0.313 e. The molecule has 0 aromatic carbocycles. The number of thiophene rings is 1. The van der Waals surface area contributed by atoms with Crippen molar-refractivity contribution in [2.75, 3.05) is 7.05 Å². The van der Waals surface area contributed by atoms with Gasteiger partial charge in [0.25, 0.3) is 0 Å². The Morgan fingerprint density at radius 3 is 2.73 bits per heavy atom. The zero-order valence-electron chi connectivity index (χ0n) is 9.13. The summed E-state index contributed by atoms with van der Waals surface area (Å²) in [6.07, 6.45) is 7.03. The molecule has 1 fully saturated rings. The van der Waals surface area contributed by atoms with E-state index in [0.717, 1.165) is 5.92 Å². The smallest absolute Gasteiger partial charge is 0.0339 e. The standard InChI is InChI=1S/C12H18BrNS/c1-14-12(6-9-4-2-3-5-9)10-7-15-8-11(10)13/h7-9,12,14H,2-6H2,1H3. The molecule has 1 nitrogen and oxygen atoms in total. The Bertz CT molecular complexity index is 304. The maximum Gasteiger partial charge on any atom is 0.0339 e. The van der Waals surface area contributed by atoms with Crippen molar-refractivity contribution in [2.24, 2.45) is 5.92 Å². The molecule has 1 aliphatic carbocycles. The molecule has 0 amide bonds. The highest BCUT2D eigenvalue weighted by atomic mass is 79.9. The van der Waals surface area contributed by atoms with E-state index in [2.05, 4.69) is 39.1 Å². The molecule has 84 valence electrons. The first-order valence-electron chi connectivity index (χ1n) is 5.70. The molecule has 1 N–H and O–H groups in total. The third-order valence-electron chi connectivity index (χ3n) is 3.41. The molecule has 0 aliphatic heterocycles. The summed E-state index contributed by atoms with van der Waals surface area (Å²) < 4.78 is 1.27. The first kappa shape index (κ1) is 11.6. The lowest BCUT2D eigenvalue weighted by Gasteiger charge is -2.19. The van der Waals surface area contributed by atoms with E-state index in [9.17, 15) is 0 Å². The summed E-state index contributed by atoms with van der Waals surface area (Å²) in [5.41, 5.74) is 1.44. The van der Waals surface area contributed by atoms with Gasteiger partial charge in [0.15, 0.2) is 0 Å². The van der Waals surface area contributed by atoms with E-state index >= 15 is 0 Å². The Morgan fingerprint density at radius 2 is 2.20 bits per heavy atom. The van der Waals surface area contributed by atoms with E-state index in [4.69, 9.17) is 0 Å².